The van der Waals surface area contributed by atoms with Gasteiger partial charge in [0.05, 0.1) is 12.1 Å². The lowest BCUT2D eigenvalue weighted by molar-refractivity contribution is -0.124. The van der Waals surface area contributed by atoms with Gasteiger partial charge >= 0.3 is 0 Å². The van der Waals surface area contributed by atoms with Crippen LogP contribution in [0.4, 0.5) is 0 Å². The number of rotatable bonds is 7. The highest BCUT2D eigenvalue weighted by atomic mass is 16.3. The molecule has 0 fully saturated rings. The zero-order chi connectivity index (χ0) is 12.8. The van der Waals surface area contributed by atoms with Crippen LogP contribution in [0.15, 0.2) is 0 Å². The zero-order valence-corrected chi connectivity index (χ0v) is 11.0. The number of hydrogen-bond donors (Lipinski definition) is 3. The van der Waals surface area contributed by atoms with Crippen molar-refractivity contribution in [1.29, 1.82) is 0 Å². The van der Waals surface area contributed by atoms with E-state index in [2.05, 4.69) is 5.32 Å². The highest BCUT2D eigenvalue weighted by Crippen LogP contribution is 2.15. The number of nitrogens with two attached hydrogens (primary N) is 1. The molecule has 0 saturated carbocycles. The molecule has 4 heteroatoms. The molecule has 0 aliphatic rings. The molecule has 0 rings (SSSR count). The van der Waals surface area contributed by atoms with Crippen LogP contribution in [0.25, 0.3) is 0 Å². The van der Waals surface area contributed by atoms with E-state index in [1.807, 2.05) is 27.7 Å². The monoisotopic (exact) mass is 230 g/mol. The van der Waals surface area contributed by atoms with E-state index in [-0.39, 0.29) is 18.1 Å². The van der Waals surface area contributed by atoms with Crippen LogP contribution in [0.3, 0.4) is 0 Å². The molecule has 1 amide bonds. The number of nitrogens with one attached hydrogen (secondary N) is 1. The molecule has 0 spiro atoms. The second-order valence-corrected chi connectivity index (χ2v) is 5.18. The van der Waals surface area contributed by atoms with Crippen molar-refractivity contribution < 1.29 is 9.90 Å². The Kier molecular flexibility index (Phi) is 5.97. The van der Waals surface area contributed by atoms with Gasteiger partial charge in [0.2, 0.25) is 5.91 Å². The lowest BCUT2D eigenvalue weighted by atomic mass is 9.93. The van der Waals surface area contributed by atoms with Crippen molar-refractivity contribution in [2.75, 3.05) is 6.61 Å². The van der Waals surface area contributed by atoms with Crippen molar-refractivity contribution in [3.05, 3.63) is 0 Å². The topological polar surface area (TPSA) is 75.3 Å². The van der Waals surface area contributed by atoms with E-state index in [0.29, 0.717) is 12.8 Å². The molecule has 0 aromatic carbocycles. The van der Waals surface area contributed by atoms with Gasteiger partial charge in [0.1, 0.15) is 0 Å². The van der Waals surface area contributed by atoms with E-state index in [1.165, 1.54) is 0 Å². The van der Waals surface area contributed by atoms with Crippen LogP contribution >= 0.6 is 0 Å². The summed E-state index contributed by atoms with van der Waals surface area (Å²) in [5.41, 5.74) is 5.03. The maximum Gasteiger partial charge on any atom is 0.220 e. The summed E-state index contributed by atoms with van der Waals surface area (Å²) in [6.45, 7) is 7.72. The third kappa shape index (κ3) is 5.47. The van der Waals surface area contributed by atoms with Crippen molar-refractivity contribution in [2.24, 2.45) is 5.73 Å². The van der Waals surface area contributed by atoms with Gasteiger partial charge in [-0.25, -0.2) is 0 Å². The second-order valence-electron chi connectivity index (χ2n) is 5.18. The van der Waals surface area contributed by atoms with Gasteiger partial charge in [-0.3, -0.25) is 4.79 Å². The van der Waals surface area contributed by atoms with Crippen molar-refractivity contribution >= 4 is 5.91 Å². The van der Waals surface area contributed by atoms with Crippen molar-refractivity contribution in [3.8, 4) is 0 Å². The van der Waals surface area contributed by atoms with Crippen LogP contribution in [0, 0.1) is 0 Å². The molecular weight excluding hydrogens is 204 g/mol. The summed E-state index contributed by atoms with van der Waals surface area (Å²) < 4.78 is 0. The van der Waals surface area contributed by atoms with Crippen LogP contribution in [-0.4, -0.2) is 28.7 Å². The Hall–Kier alpha value is -0.610. The van der Waals surface area contributed by atoms with Crippen LogP contribution in [0.1, 0.15) is 53.4 Å². The van der Waals surface area contributed by atoms with E-state index in [1.54, 1.807) is 0 Å². The summed E-state index contributed by atoms with van der Waals surface area (Å²) in [6.07, 6.45) is 2.52. The summed E-state index contributed by atoms with van der Waals surface area (Å²) in [5, 5.41) is 12.2. The van der Waals surface area contributed by atoms with E-state index >= 15 is 0 Å². The van der Waals surface area contributed by atoms with E-state index in [0.717, 1.165) is 12.8 Å². The van der Waals surface area contributed by atoms with E-state index < -0.39 is 5.54 Å². The van der Waals surface area contributed by atoms with E-state index in [4.69, 9.17) is 5.73 Å². The van der Waals surface area contributed by atoms with Crippen LogP contribution in [0.2, 0.25) is 0 Å². The minimum Gasteiger partial charge on any atom is -0.394 e. The number of carbonyl (C=O) groups is 1. The molecular formula is C12H26N2O2. The Bertz CT molecular complexity index is 209. The maximum atomic E-state index is 11.7. The lowest BCUT2D eigenvalue weighted by Crippen LogP contribution is -2.50. The molecule has 0 unspecified atom stereocenters. The zero-order valence-electron chi connectivity index (χ0n) is 11.0. The fraction of sp³-hybridized carbons (Fsp3) is 0.917. The first-order chi connectivity index (χ1) is 7.28. The average molecular weight is 230 g/mol. The van der Waals surface area contributed by atoms with E-state index in [9.17, 15) is 9.90 Å². The largest absolute Gasteiger partial charge is 0.394 e. The number of aliphatic hydroxyl groups excluding tert-OH is 1. The third-order valence-corrected chi connectivity index (χ3v) is 3.06. The number of aliphatic hydroxyl groups is 1. The van der Waals surface area contributed by atoms with Gasteiger partial charge in [0.15, 0.2) is 0 Å². The maximum absolute atomic E-state index is 11.7. The van der Waals surface area contributed by atoms with Gasteiger partial charge in [-0.2, -0.15) is 0 Å². The molecule has 0 aliphatic carbocycles. The lowest BCUT2D eigenvalue weighted by Gasteiger charge is -2.31. The van der Waals surface area contributed by atoms with Gasteiger partial charge in [0, 0.05) is 12.0 Å². The Balaban J connectivity index is 4.21. The molecule has 0 atom stereocenters. The third-order valence-electron chi connectivity index (χ3n) is 3.06. The smallest absolute Gasteiger partial charge is 0.220 e. The second kappa shape index (κ2) is 6.21. The molecule has 0 heterocycles. The summed E-state index contributed by atoms with van der Waals surface area (Å²) in [4.78, 5) is 11.7. The highest BCUT2D eigenvalue weighted by molar-refractivity contribution is 5.76. The molecule has 0 radical (unpaired) electrons. The molecule has 0 saturated heterocycles. The average Bonchev–Trinajstić information content (AvgIpc) is 2.22. The molecule has 4 N–H and O–H groups in total. The standard InChI is InChI=1S/C12H26N2O2/c1-5-12(6-2,9-15)14-10(16)7-8-11(3,4)13/h15H,5-9,13H2,1-4H3,(H,14,16). The summed E-state index contributed by atoms with van der Waals surface area (Å²) in [5.74, 6) is -0.0312. The molecule has 4 nitrogen and oxygen atoms in total. The quantitative estimate of drug-likeness (QED) is 0.614. The fourth-order valence-corrected chi connectivity index (χ4v) is 1.48. The first-order valence-corrected chi connectivity index (χ1v) is 5.99. The SMILES string of the molecule is CCC(CC)(CO)NC(=O)CCC(C)(C)N. The fourth-order valence-electron chi connectivity index (χ4n) is 1.48. The number of hydrogen-bond acceptors (Lipinski definition) is 3. The van der Waals surface area contributed by atoms with Gasteiger partial charge < -0.3 is 16.2 Å². The molecule has 0 aliphatic heterocycles. The molecule has 0 bridgehead atoms. The highest BCUT2D eigenvalue weighted by Gasteiger charge is 2.27. The van der Waals surface area contributed by atoms with Crippen molar-refractivity contribution in [2.45, 2.75) is 64.5 Å². The Morgan fingerprint density at radius 3 is 2.12 bits per heavy atom. The van der Waals surface area contributed by atoms with Gasteiger partial charge in [-0.05, 0) is 33.1 Å². The Morgan fingerprint density at radius 1 is 1.31 bits per heavy atom. The minimum atomic E-state index is -0.462. The first kappa shape index (κ1) is 15.4. The molecule has 0 aromatic rings. The minimum absolute atomic E-state index is 0.0161. The van der Waals surface area contributed by atoms with Crippen molar-refractivity contribution in [3.63, 3.8) is 0 Å². The number of amides is 1. The van der Waals surface area contributed by atoms with Crippen molar-refractivity contribution in [1.82, 2.24) is 5.32 Å². The predicted molar refractivity (Wildman–Crippen MR) is 66.0 cm³/mol. The van der Waals surface area contributed by atoms with Gasteiger partial charge in [-0.1, -0.05) is 13.8 Å². The molecule has 0 aromatic heterocycles. The predicted octanol–water partition coefficient (Wildman–Crippen LogP) is 1.17. The Morgan fingerprint density at radius 2 is 1.81 bits per heavy atom. The number of carbonyl (C=O) groups excluding carboxylic acids is 1. The summed E-state index contributed by atoms with van der Waals surface area (Å²) in [7, 11) is 0. The summed E-state index contributed by atoms with van der Waals surface area (Å²) >= 11 is 0. The Labute approximate surface area is 98.6 Å². The normalized spacial score (nSPS) is 12.6. The molecule has 16 heavy (non-hydrogen) atoms. The van der Waals surface area contributed by atoms with Gasteiger partial charge in [0.25, 0.3) is 0 Å². The van der Waals surface area contributed by atoms with Crippen LogP contribution in [-0.2, 0) is 4.79 Å². The molecule has 96 valence electrons. The van der Waals surface area contributed by atoms with Crippen LogP contribution in [0.5, 0.6) is 0 Å². The van der Waals surface area contributed by atoms with Gasteiger partial charge in [-0.15, -0.1) is 0 Å². The summed E-state index contributed by atoms with van der Waals surface area (Å²) in [6, 6.07) is 0. The first-order valence-electron chi connectivity index (χ1n) is 5.99. The van der Waals surface area contributed by atoms with Crippen LogP contribution < -0.4 is 11.1 Å².